The van der Waals surface area contributed by atoms with Crippen molar-refractivity contribution in [1.82, 2.24) is 37.2 Å². The van der Waals surface area contributed by atoms with Crippen LogP contribution in [0.3, 0.4) is 0 Å². The Bertz CT molecular complexity index is 2190. The number of esters is 1. The van der Waals surface area contributed by atoms with Crippen molar-refractivity contribution >= 4 is 65.2 Å². The molecule has 7 amide bonds. The second-order valence-electron chi connectivity index (χ2n) is 17.6. The number of ether oxygens (including phenoxy) is 1. The van der Waals surface area contributed by atoms with E-state index in [2.05, 4.69) is 42.2 Å². The predicted molar refractivity (Wildman–Crippen MR) is 260 cm³/mol. The van der Waals surface area contributed by atoms with E-state index in [-0.39, 0.29) is 49.3 Å². The van der Waals surface area contributed by atoms with Gasteiger partial charge in [0.2, 0.25) is 35.4 Å². The number of hydrogen-bond donors (Lipinski definition) is 11. The summed E-state index contributed by atoms with van der Waals surface area (Å²) < 4.78 is 5.66. The van der Waals surface area contributed by atoms with Crippen molar-refractivity contribution < 1.29 is 62.9 Å². The molecule has 8 atom stereocenters. The maximum atomic E-state index is 14.3. The SMILES string of the molecule is C/C=C1\NC(=O)CC[C@H](C(=O)O)NC(=O)[C@@H](C)[C@H](/C=C/C(C)=C/[C@H](C)[C@H](Cc2ccccc2)OC(C)=O)NC(=O)[C@H](CCCN=C(N)N)NC(=O)C[C@H](C(=O)O)NC(=O)[C@H](CC(C)C)NC(=O)CNC1=O. The number of aliphatic carboxylic acids is 2. The molecule has 0 saturated carbocycles. The molecule has 1 fully saturated rings. The number of carboxylic acids is 2. The van der Waals surface area contributed by atoms with Gasteiger partial charge in [0.05, 0.1) is 24.9 Å². The number of carbonyl (C=O) groups excluding carboxylic acids is 8. The van der Waals surface area contributed by atoms with Gasteiger partial charge < -0.3 is 63.6 Å². The van der Waals surface area contributed by atoms with E-state index in [4.69, 9.17) is 16.2 Å². The van der Waals surface area contributed by atoms with Crippen molar-refractivity contribution in [2.75, 3.05) is 13.1 Å². The average Bonchev–Trinajstić information content (AvgIpc) is 3.29. The molecule has 71 heavy (non-hydrogen) atoms. The third-order valence-electron chi connectivity index (χ3n) is 11.0. The second-order valence-corrected chi connectivity index (χ2v) is 17.6. The number of nitrogens with zero attached hydrogens (tertiary/aromatic N) is 1. The second kappa shape index (κ2) is 30.1. The number of nitrogens with one attached hydrogen (secondary N) is 7. The van der Waals surface area contributed by atoms with E-state index in [0.717, 1.165) is 5.56 Å². The summed E-state index contributed by atoms with van der Waals surface area (Å²) in [6.07, 6.45) is 4.11. The predicted octanol–water partition coefficient (Wildman–Crippen LogP) is -0.0515. The Hall–Kier alpha value is -7.59. The molecule has 1 aliphatic heterocycles. The highest BCUT2D eigenvalue weighted by molar-refractivity contribution is 6.00. The lowest BCUT2D eigenvalue weighted by molar-refractivity contribution is -0.148. The molecule has 1 saturated heterocycles. The standard InChI is InChI=1S/C48H70N10O13/c1-8-32-43(64)52-25-41(62)55-36(21-26(2)3)45(66)58-37(47(69)70)24-40(61)54-34(15-12-20-51-48(49)50)44(65)56-33(29(6)42(63)57-35(46(67)68)18-19-39(60)53-32)17-16-27(4)22-28(5)38(71-30(7)59)23-31-13-10-9-11-14-31/h8-11,13-14,16-17,22,26,28-29,33-38H,12,15,18-21,23-25H2,1-7H3,(H,52,64)(H,53,60)(H,54,61)(H,55,62)(H,56,65)(H,57,63)(H,58,66)(H,67,68)(H,69,70)(H4,49,50,51)/b17-16+,27-22+,32-8-/t28-,29-,33-,34-,35+,36-,37+,38-/m0/s1. The number of carbonyl (C=O) groups is 10. The van der Waals surface area contributed by atoms with Gasteiger partial charge in [0.1, 0.15) is 36.0 Å². The number of carboxylic acid groups (broad SMARTS) is 2. The molecule has 1 aliphatic rings. The van der Waals surface area contributed by atoms with Crippen LogP contribution in [0.1, 0.15) is 92.6 Å². The molecule has 1 heterocycles. The fourth-order valence-corrected chi connectivity index (χ4v) is 7.19. The number of aliphatic imine (C=N–C) groups is 1. The van der Waals surface area contributed by atoms with Gasteiger partial charge >= 0.3 is 17.9 Å². The maximum absolute atomic E-state index is 14.3. The summed E-state index contributed by atoms with van der Waals surface area (Å²) in [5, 5.41) is 37.2. The molecular weight excluding hydrogens is 925 g/mol. The van der Waals surface area contributed by atoms with Crippen LogP contribution >= 0.6 is 0 Å². The Morgan fingerprint density at radius 2 is 1.45 bits per heavy atom. The van der Waals surface area contributed by atoms with Crippen LogP contribution in [0.4, 0.5) is 0 Å². The number of benzene rings is 1. The van der Waals surface area contributed by atoms with Crippen LogP contribution in [-0.2, 0) is 59.1 Å². The van der Waals surface area contributed by atoms with Crippen molar-refractivity contribution in [3.05, 3.63) is 71.5 Å². The van der Waals surface area contributed by atoms with Gasteiger partial charge in [-0.25, -0.2) is 9.59 Å². The van der Waals surface area contributed by atoms with E-state index in [1.807, 2.05) is 43.3 Å². The average molecular weight is 995 g/mol. The molecule has 390 valence electrons. The molecule has 1 aromatic carbocycles. The van der Waals surface area contributed by atoms with Gasteiger partial charge in [-0.1, -0.05) is 87.9 Å². The van der Waals surface area contributed by atoms with Crippen LogP contribution in [0, 0.1) is 17.8 Å². The van der Waals surface area contributed by atoms with Gasteiger partial charge in [0, 0.05) is 32.2 Å². The first-order chi connectivity index (χ1) is 33.4. The van der Waals surface area contributed by atoms with E-state index >= 15 is 0 Å². The van der Waals surface area contributed by atoms with Crippen molar-refractivity contribution in [1.29, 1.82) is 0 Å². The van der Waals surface area contributed by atoms with Gasteiger partial charge in [-0.15, -0.1) is 0 Å². The highest BCUT2D eigenvalue weighted by Crippen LogP contribution is 2.19. The van der Waals surface area contributed by atoms with Gasteiger partial charge in [-0.2, -0.15) is 0 Å². The number of allylic oxidation sites excluding steroid dienone is 3. The Morgan fingerprint density at radius 1 is 0.831 bits per heavy atom. The van der Waals surface area contributed by atoms with Crippen LogP contribution in [0.15, 0.2) is 70.9 Å². The molecule has 1 aromatic rings. The lowest BCUT2D eigenvalue weighted by Crippen LogP contribution is -2.56. The first-order valence-corrected chi connectivity index (χ1v) is 23.2. The minimum Gasteiger partial charge on any atom is -0.480 e. The highest BCUT2D eigenvalue weighted by atomic mass is 16.5. The zero-order chi connectivity index (χ0) is 53.4. The highest BCUT2D eigenvalue weighted by Gasteiger charge is 2.33. The molecule has 0 unspecified atom stereocenters. The molecule has 0 radical (unpaired) electrons. The quantitative estimate of drug-likeness (QED) is 0.0274. The Morgan fingerprint density at radius 3 is 2.04 bits per heavy atom. The minimum absolute atomic E-state index is 0.00992. The van der Waals surface area contributed by atoms with E-state index in [1.165, 1.54) is 32.9 Å². The molecule has 0 spiro atoms. The largest absolute Gasteiger partial charge is 0.480 e. The lowest BCUT2D eigenvalue weighted by atomic mass is 9.94. The van der Waals surface area contributed by atoms with Crippen molar-refractivity contribution in [2.24, 2.45) is 34.2 Å². The van der Waals surface area contributed by atoms with Crippen molar-refractivity contribution in [3.8, 4) is 0 Å². The Labute approximate surface area is 412 Å². The molecule has 23 heteroatoms. The zero-order valence-corrected chi connectivity index (χ0v) is 41.2. The number of hydrogen-bond acceptors (Lipinski definition) is 12. The molecule has 2 rings (SSSR count). The lowest BCUT2D eigenvalue weighted by Gasteiger charge is -2.27. The minimum atomic E-state index is -1.86. The van der Waals surface area contributed by atoms with E-state index < -0.39 is 127 Å². The summed E-state index contributed by atoms with van der Waals surface area (Å²) >= 11 is 0. The molecule has 0 aromatic heterocycles. The molecular formula is C48H70N10O13. The maximum Gasteiger partial charge on any atom is 0.326 e. The first kappa shape index (κ1) is 59.5. The summed E-state index contributed by atoms with van der Waals surface area (Å²) in [4.78, 5) is 135. The first-order valence-electron chi connectivity index (χ1n) is 23.2. The van der Waals surface area contributed by atoms with Crippen molar-refractivity contribution in [2.45, 2.75) is 130 Å². The summed E-state index contributed by atoms with van der Waals surface area (Å²) in [5.74, 6) is -11.9. The number of rotatable bonds is 15. The smallest absolute Gasteiger partial charge is 0.326 e. The normalized spacial score (nSPS) is 23.5. The van der Waals surface area contributed by atoms with Gasteiger partial charge in [-0.05, 0) is 51.0 Å². The summed E-state index contributed by atoms with van der Waals surface area (Å²) in [6.45, 7) is 10.5. The number of guanidine groups is 1. The van der Waals surface area contributed by atoms with E-state index in [9.17, 15) is 58.2 Å². The molecule has 13 N–H and O–H groups in total. The summed E-state index contributed by atoms with van der Waals surface area (Å²) in [7, 11) is 0. The zero-order valence-electron chi connectivity index (χ0n) is 41.2. The van der Waals surface area contributed by atoms with Crippen LogP contribution in [-0.4, -0.2) is 125 Å². The van der Waals surface area contributed by atoms with Gasteiger partial charge in [0.25, 0.3) is 5.91 Å². The van der Waals surface area contributed by atoms with Crippen LogP contribution in [0.25, 0.3) is 0 Å². The third kappa shape index (κ3) is 22.6. The Kier molecular flexibility index (Phi) is 25.2. The topological polar surface area (TPSA) is 369 Å². The summed E-state index contributed by atoms with van der Waals surface area (Å²) in [6, 6.07) is 1.91. The third-order valence-corrected chi connectivity index (χ3v) is 11.0. The number of amides is 7. The van der Waals surface area contributed by atoms with Crippen molar-refractivity contribution in [3.63, 3.8) is 0 Å². The van der Waals surface area contributed by atoms with E-state index in [1.54, 1.807) is 26.8 Å². The van der Waals surface area contributed by atoms with E-state index in [0.29, 0.717) is 12.0 Å². The van der Waals surface area contributed by atoms with Crippen LogP contribution in [0.5, 0.6) is 0 Å². The molecule has 0 aliphatic carbocycles. The van der Waals surface area contributed by atoms with Crippen LogP contribution < -0.4 is 48.7 Å². The number of nitrogens with two attached hydrogens (primary N) is 2. The fraction of sp³-hybridized carbons (Fsp3) is 0.521. The molecule has 0 bridgehead atoms. The molecule has 23 nitrogen and oxygen atoms in total. The Balaban J connectivity index is 2.69. The van der Waals surface area contributed by atoms with Gasteiger partial charge in [-0.3, -0.25) is 43.3 Å². The van der Waals surface area contributed by atoms with Crippen LogP contribution in [0.2, 0.25) is 0 Å². The van der Waals surface area contributed by atoms with Gasteiger partial charge in [0.15, 0.2) is 5.96 Å². The monoisotopic (exact) mass is 995 g/mol. The fourth-order valence-electron chi connectivity index (χ4n) is 7.19. The summed E-state index contributed by atoms with van der Waals surface area (Å²) in [5.41, 5.74) is 12.2.